The third-order valence-corrected chi connectivity index (χ3v) is 5.20. The molecule has 1 saturated heterocycles. The Balaban J connectivity index is 2.16. The molecule has 1 aliphatic carbocycles. The van der Waals surface area contributed by atoms with Gasteiger partial charge in [-0.25, -0.2) is 4.79 Å². The average Bonchev–Trinajstić information content (AvgIpc) is 2.67. The predicted molar refractivity (Wildman–Crippen MR) is 87.7 cm³/mol. The minimum Gasteiger partial charge on any atom is -0.336 e. The molecule has 2 rings (SSSR count). The van der Waals surface area contributed by atoms with Crippen molar-refractivity contribution >= 4 is 17.8 Å². The van der Waals surface area contributed by atoms with E-state index in [9.17, 15) is 14.4 Å². The second-order valence-corrected chi connectivity index (χ2v) is 7.43. The van der Waals surface area contributed by atoms with Gasteiger partial charge in [0, 0.05) is 12.1 Å². The maximum absolute atomic E-state index is 12.9. The molecule has 2 atom stereocenters. The number of nitrogens with zero attached hydrogens (tertiary/aromatic N) is 2. The Kier molecular flexibility index (Phi) is 5.01. The van der Waals surface area contributed by atoms with Crippen molar-refractivity contribution in [2.24, 2.45) is 5.92 Å². The summed E-state index contributed by atoms with van der Waals surface area (Å²) in [5.74, 6) is -0.298. The molecule has 0 aromatic rings. The number of hydrogen-bond acceptors (Lipinski definition) is 3. The SMILES string of the molecule is CC(C)N(C(=O)CN1C(=O)N[C@@]2(CCCC[C@@H]2C)C1=O)C(C)C. The van der Waals surface area contributed by atoms with Crippen molar-refractivity contribution in [3.63, 3.8) is 0 Å². The Labute approximate surface area is 138 Å². The highest BCUT2D eigenvalue weighted by Crippen LogP contribution is 2.38. The largest absolute Gasteiger partial charge is 0.336 e. The van der Waals surface area contributed by atoms with E-state index in [1.165, 1.54) is 0 Å². The lowest BCUT2D eigenvalue weighted by Crippen LogP contribution is -2.54. The van der Waals surface area contributed by atoms with Gasteiger partial charge >= 0.3 is 6.03 Å². The molecule has 1 N–H and O–H groups in total. The fourth-order valence-electron chi connectivity index (χ4n) is 4.03. The zero-order valence-electron chi connectivity index (χ0n) is 14.9. The Morgan fingerprint density at radius 1 is 1.26 bits per heavy atom. The van der Waals surface area contributed by atoms with Crippen LogP contribution in [0.4, 0.5) is 4.79 Å². The summed E-state index contributed by atoms with van der Waals surface area (Å²) in [5.41, 5.74) is -0.796. The molecular formula is C17H29N3O3. The molecule has 0 bridgehead atoms. The van der Waals surface area contributed by atoms with Crippen molar-refractivity contribution < 1.29 is 14.4 Å². The highest BCUT2D eigenvalue weighted by atomic mass is 16.2. The molecule has 130 valence electrons. The number of nitrogens with one attached hydrogen (secondary N) is 1. The van der Waals surface area contributed by atoms with Gasteiger partial charge in [-0.05, 0) is 46.5 Å². The Bertz CT molecular complexity index is 495. The quantitative estimate of drug-likeness (QED) is 0.806. The number of rotatable bonds is 4. The monoisotopic (exact) mass is 323 g/mol. The Morgan fingerprint density at radius 3 is 2.39 bits per heavy atom. The van der Waals surface area contributed by atoms with Crippen LogP contribution in [0.25, 0.3) is 0 Å². The molecule has 0 aromatic heterocycles. The summed E-state index contributed by atoms with van der Waals surface area (Å²) in [7, 11) is 0. The van der Waals surface area contributed by atoms with Gasteiger partial charge in [0.2, 0.25) is 5.91 Å². The molecule has 4 amide bonds. The first kappa shape index (κ1) is 17.8. The first-order chi connectivity index (χ1) is 10.7. The lowest BCUT2D eigenvalue weighted by atomic mass is 9.73. The molecule has 1 aliphatic heterocycles. The van der Waals surface area contributed by atoms with Crippen LogP contribution in [0.15, 0.2) is 0 Å². The lowest BCUT2D eigenvalue weighted by Gasteiger charge is -2.37. The van der Waals surface area contributed by atoms with Crippen molar-refractivity contribution in [3.05, 3.63) is 0 Å². The Hall–Kier alpha value is -1.59. The van der Waals surface area contributed by atoms with Gasteiger partial charge in [0.1, 0.15) is 12.1 Å². The van der Waals surface area contributed by atoms with Crippen LogP contribution in [0.2, 0.25) is 0 Å². The molecule has 2 fully saturated rings. The smallest absolute Gasteiger partial charge is 0.325 e. The summed E-state index contributed by atoms with van der Waals surface area (Å²) < 4.78 is 0. The number of amides is 4. The topological polar surface area (TPSA) is 69.7 Å². The van der Waals surface area contributed by atoms with E-state index in [2.05, 4.69) is 5.32 Å². The van der Waals surface area contributed by atoms with Crippen LogP contribution in [0.5, 0.6) is 0 Å². The van der Waals surface area contributed by atoms with Gasteiger partial charge in [-0.1, -0.05) is 19.8 Å². The number of hydrogen-bond donors (Lipinski definition) is 1. The molecule has 1 heterocycles. The van der Waals surface area contributed by atoms with Crippen molar-refractivity contribution in [3.8, 4) is 0 Å². The lowest BCUT2D eigenvalue weighted by molar-refractivity contribution is -0.142. The minimum absolute atomic E-state index is 0.0332. The molecule has 2 aliphatic rings. The van der Waals surface area contributed by atoms with E-state index in [1.807, 2.05) is 34.6 Å². The van der Waals surface area contributed by atoms with E-state index in [0.29, 0.717) is 6.42 Å². The second kappa shape index (κ2) is 6.49. The van der Waals surface area contributed by atoms with Crippen LogP contribution in [0.1, 0.15) is 60.3 Å². The highest BCUT2D eigenvalue weighted by molar-refractivity contribution is 6.09. The fraction of sp³-hybridized carbons (Fsp3) is 0.824. The van der Waals surface area contributed by atoms with Gasteiger partial charge in [0.05, 0.1) is 0 Å². The molecule has 0 aromatic carbocycles. The molecule has 1 spiro atoms. The van der Waals surface area contributed by atoms with Crippen LogP contribution in [0.3, 0.4) is 0 Å². The van der Waals surface area contributed by atoms with E-state index < -0.39 is 11.6 Å². The second-order valence-electron chi connectivity index (χ2n) is 7.43. The molecule has 1 saturated carbocycles. The number of carbonyl (C=O) groups is 3. The number of urea groups is 1. The third-order valence-electron chi connectivity index (χ3n) is 5.20. The third kappa shape index (κ3) is 3.08. The van der Waals surface area contributed by atoms with Crippen LogP contribution in [-0.2, 0) is 9.59 Å². The Morgan fingerprint density at radius 2 is 1.87 bits per heavy atom. The van der Waals surface area contributed by atoms with Gasteiger partial charge in [0.25, 0.3) is 5.91 Å². The van der Waals surface area contributed by atoms with E-state index >= 15 is 0 Å². The molecule has 6 nitrogen and oxygen atoms in total. The standard InChI is InChI=1S/C17H29N3O3/c1-11(2)20(12(3)4)14(21)10-19-15(22)17(18-16(19)23)9-7-6-8-13(17)5/h11-13H,6-10H2,1-5H3,(H,18,23)/t13-,17+/m0/s1. The van der Waals surface area contributed by atoms with E-state index in [1.54, 1.807) is 4.90 Å². The molecule has 0 radical (unpaired) electrons. The van der Waals surface area contributed by atoms with Gasteiger partial charge in [-0.3, -0.25) is 14.5 Å². The number of imide groups is 1. The van der Waals surface area contributed by atoms with Crippen LogP contribution < -0.4 is 5.32 Å². The number of carbonyl (C=O) groups excluding carboxylic acids is 3. The first-order valence-corrected chi connectivity index (χ1v) is 8.66. The zero-order chi connectivity index (χ0) is 17.4. The predicted octanol–water partition coefficient (Wildman–Crippen LogP) is 2.13. The van der Waals surface area contributed by atoms with Crippen molar-refractivity contribution in [1.29, 1.82) is 0 Å². The summed E-state index contributed by atoms with van der Waals surface area (Å²) in [5, 5.41) is 2.89. The normalized spacial score (nSPS) is 28.0. The van der Waals surface area contributed by atoms with Gasteiger partial charge in [-0.2, -0.15) is 0 Å². The summed E-state index contributed by atoms with van der Waals surface area (Å²) in [6, 6.07) is -0.360. The van der Waals surface area contributed by atoms with Crippen LogP contribution in [-0.4, -0.2) is 51.8 Å². The first-order valence-electron chi connectivity index (χ1n) is 8.66. The van der Waals surface area contributed by atoms with Gasteiger partial charge in [0.15, 0.2) is 0 Å². The molecule has 0 unspecified atom stereocenters. The minimum atomic E-state index is -0.796. The van der Waals surface area contributed by atoms with Crippen LogP contribution >= 0.6 is 0 Å². The fourth-order valence-corrected chi connectivity index (χ4v) is 4.03. The average molecular weight is 323 g/mol. The summed E-state index contributed by atoms with van der Waals surface area (Å²) >= 11 is 0. The maximum Gasteiger partial charge on any atom is 0.325 e. The highest BCUT2D eigenvalue weighted by Gasteiger charge is 2.55. The van der Waals surface area contributed by atoms with Gasteiger partial charge < -0.3 is 10.2 Å². The van der Waals surface area contributed by atoms with E-state index in [-0.39, 0.29) is 36.4 Å². The maximum atomic E-state index is 12.9. The van der Waals surface area contributed by atoms with Crippen molar-refractivity contribution in [2.75, 3.05) is 6.54 Å². The zero-order valence-corrected chi connectivity index (χ0v) is 14.9. The van der Waals surface area contributed by atoms with E-state index in [0.717, 1.165) is 24.2 Å². The molecule has 23 heavy (non-hydrogen) atoms. The van der Waals surface area contributed by atoms with Crippen molar-refractivity contribution in [2.45, 2.75) is 77.9 Å². The summed E-state index contributed by atoms with van der Waals surface area (Å²) in [6.07, 6.45) is 3.61. The summed E-state index contributed by atoms with van der Waals surface area (Å²) in [4.78, 5) is 40.6. The van der Waals surface area contributed by atoms with Crippen molar-refractivity contribution in [1.82, 2.24) is 15.1 Å². The summed E-state index contributed by atoms with van der Waals surface area (Å²) in [6.45, 7) is 9.60. The van der Waals surface area contributed by atoms with Crippen LogP contribution in [0, 0.1) is 5.92 Å². The molecule has 6 heteroatoms. The van der Waals surface area contributed by atoms with Gasteiger partial charge in [-0.15, -0.1) is 0 Å². The van der Waals surface area contributed by atoms with E-state index in [4.69, 9.17) is 0 Å². The molecular weight excluding hydrogens is 294 g/mol.